The van der Waals surface area contributed by atoms with Crippen molar-refractivity contribution in [3.8, 4) is 5.69 Å². The summed E-state index contributed by atoms with van der Waals surface area (Å²) in [7, 11) is 1.79. The molecule has 1 aromatic carbocycles. The fourth-order valence-corrected chi connectivity index (χ4v) is 2.34. The first-order valence-electron chi connectivity index (χ1n) is 6.80. The average Bonchev–Trinajstić information content (AvgIpc) is 2.88. The number of nitrogens with zero attached hydrogens (tertiary/aromatic N) is 3. The number of rotatable bonds is 5. The number of hydrogen-bond acceptors (Lipinski definition) is 3. The third-order valence-corrected chi connectivity index (χ3v) is 3.42. The van der Waals surface area contributed by atoms with Gasteiger partial charge in [0.2, 0.25) is 0 Å². The van der Waals surface area contributed by atoms with Gasteiger partial charge in [0, 0.05) is 12.1 Å². The first-order chi connectivity index (χ1) is 10.0. The van der Waals surface area contributed by atoms with Crippen LogP contribution >= 0.6 is 0 Å². The second-order valence-corrected chi connectivity index (χ2v) is 4.66. The third kappa shape index (κ3) is 2.78. The van der Waals surface area contributed by atoms with Gasteiger partial charge in [-0.3, -0.25) is 0 Å². The van der Waals surface area contributed by atoms with Gasteiger partial charge in [0.15, 0.2) is 11.6 Å². The maximum absolute atomic E-state index is 13.9. The highest BCUT2D eigenvalue weighted by Crippen LogP contribution is 2.24. The van der Waals surface area contributed by atoms with Gasteiger partial charge in [-0.1, -0.05) is 19.1 Å². The van der Waals surface area contributed by atoms with Crippen LogP contribution in [0, 0.1) is 17.5 Å². The lowest BCUT2D eigenvalue weighted by molar-refractivity contribution is 0.485. The number of hydrogen-bond donors (Lipinski definition) is 1. The summed E-state index contributed by atoms with van der Waals surface area (Å²) in [5, 5.41) is 11.0. The molecule has 0 saturated heterocycles. The maximum Gasteiger partial charge on any atom is 0.184 e. The molecule has 1 unspecified atom stereocenters. The second-order valence-electron chi connectivity index (χ2n) is 4.66. The van der Waals surface area contributed by atoms with E-state index in [1.807, 2.05) is 13.8 Å². The Morgan fingerprint density at radius 2 is 1.95 bits per heavy atom. The van der Waals surface area contributed by atoms with E-state index in [2.05, 4.69) is 15.6 Å². The van der Waals surface area contributed by atoms with Crippen molar-refractivity contribution in [2.75, 3.05) is 7.05 Å². The topological polar surface area (TPSA) is 42.7 Å². The van der Waals surface area contributed by atoms with Gasteiger partial charge in [-0.05, 0) is 19.9 Å². The number of halogens is 3. The summed E-state index contributed by atoms with van der Waals surface area (Å²) in [6.07, 6.45) is 1.28. The van der Waals surface area contributed by atoms with E-state index in [9.17, 15) is 13.2 Å². The lowest BCUT2D eigenvalue weighted by Gasteiger charge is -2.13. The van der Waals surface area contributed by atoms with Crippen LogP contribution in [0.2, 0.25) is 0 Å². The van der Waals surface area contributed by atoms with Crippen molar-refractivity contribution in [3.05, 3.63) is 41.0 Å². The Morgan fingerprint density at radius 1 is 1.24 bits per heavy atom. The molecule has 1 atom stereocenters. The molecule has 0 fully saturated rings. The number of aromatic nitrogens is 3. The Labute approximate surface area is 121 Å². The van der Waals surface area contributed by atoms with Gasteiger partial charge >= 0.3 is 0 Å². The van der Waals surface area contributed by atoms with Crippen LogP contribution in [0.25, 0.3) is 5.69 Å². The Balaban J connectivity index is 2.61. The lowest BCUT2D eigenvalue weighted by Crippen LogP contribution is -2.18. The van der Waals surface area contributed by atoms with Gasteiger partial charge in [0.1, 0.15) is 17.2 Å². The van der Waals surface area contributed by atoms with Gasteiger partial charge < -0.3 is 5.32 Å². The van der Waals surface area contributed by atoms with E-state index in [0.29, 0.717) is 23.9 Å². The van der Waals surface area contributed by atoms with Crippen LogP contribution in [0.4, 0.5) is 13.2 Å². The quantitative estimate of drug-likeness (QED) is 0.863. The lowest BCUT2D eigenvalue weighted by atomic mass is 10.1. The summed E-state index contributed by atoms with van der Waals surface area (Å²) in [5.74, 6) is -3.24. The van der Waals surface area contributed by atoms with Crippen molar-refractivity contribution in [3.63, 3.8) is 0 Å². The molecule has 4 nitrogen and oxygen atoms in total. The molecule has 2 aromatic rings. The summed E-state index contributed by atoms with van der Waals surface area (Å²) in [6.45, 7) is 3.83. The van der Waals surface area contributed by atoms with Gasteiger partial charge in [-0.15, -0.1) is 5.10 Å². The molecular weight excluding hydrogens is 281 g/mol. The summed E-state index contributed by atoms with van der Waals surface area (Å²) in [6, 6.07) is 1.37. The molecule has 0 bridgehead atoms. The van der Waals surface area contributed by atoms with Crippen molar-refractivity contribution in [1.82, 2.24) is 20.3 Å². The highest BCUT2D eigenvalue weighted by atomic mass is 19.2. The molecule has 2 rings (SSSR count). The van der Waals surface area contributed by atoms with E-state index in [-0.39, 0.29) is 11.7 Å². The Bertz CT molecular complexity index is 635. The van der Waals surface area contributed by atoms with E-state index < -0.39 is 17.5 Å². The largest absolute Gasteiger partial charge is 0.312 e. The molecule has 1 heterocycles. The van der Waals surface area contributed by atoms with Crippen molar-refractivity contribution in [1.29, 1.82) is 0 Å². The van der Waals surface area contributed by atoms with Crippen LogP contribution in [0.5, 0.6) is 0 Å². The Kier molecular flexibility index (Phi) is 4.62. The van der Waals surface area contributed by atoms with Crippen LogP contribution in [0.3, 0.4) is 0 Å². The summed E-state index contributed by atoms with van der Waals surface area (Å²) in [5.41, 5.74) is 1.01. The molecule has 0 aliphatic rings. The SMILES string of the molecule is CCc1c(C(CC)NC)nnn1-c1cc(F)cc(F)c1F. The maximum atomic E-state index is 13.9. The minimum absolute atomic E-state index is 0.0461. The molecule has 1 N–H and O–H groups in total. The summed E-state index contributed by atoms with van der Waals surface area (Å²) >= 11 is 0. The first kappa shape index (κ1) is 15.5. The monoisotopic (exact) mass is 298 g/mol. The molecule has 0 aliphatic heterocycles. The molecule has 21 heavy (non-hydrogen) atoms. The first-order valence-corrected chi connectivity index (χ1v) is 6.80. The molecule has 1 aromatic heterocycles. The van der Waals surface area contributed by atoms with Gasteiger partial charge in [0.25, 0.3) is 0 Å². The van der Waals surface area contributed by atoms with E-state index in [0.717, 1.165) is 17.2 Å². The Hall–Kier alpha value is -1.89. The van der Waals surface area contributed by atoms with Gasteiger partial charge in [-0.25, -0.2) is 17.9 Å². The van der Waals surface area contributed by atoms with E-state index >= 15 is 0 Å². The van der Waals surface area contributed by atoms with Crippen molar-refractivity contribution in [2.45, 2.75) is 32.7 Å². The predicted octanol–water partition coefficient (Wildman–Crippen LogP) is 2.92. The highest BCUT2D eigenvalue weighted by Gasteiger charge is 2.22. The highest BCUT2D eigenvalue weighted by molar-refractivity contribution is 5.37. The number of benzene rings is 1. The van der Waals surface area contributed by atoms with Crippen LogP contribution in [-0.4, -0.2) is 22.0 Å². The standard InChI is InChI=1S/C14H17F3N4/c1-4-10(18-3)14-11(5-2)21(20-19-14)12-7-8(15)6-9(16)13(12)17/h6-7,10,18H,4-5H2,1-3H3. The van der Waals surface area contributed by atoms with Crippen molar-refractivity contribution >= 4 is 0 Å². The van der Waals surface area contributed by atoms with E-state index in [1.165, 1.54) is 0 Å². The van der Waals surface area contributed by atoms with Crippen LogP contribution in [-0.2, 0) is 6.42 Å². The summed E-state index contributed by atoms with van der Waals surface area (Å²) < 4.78 is 41.8. The minimum atomic E-state index is -1.25. The zero-order valence-electron chi connectivity index (χ0n) is 12.1. The fraction of sp³-hybridized carbons (Fsp3) is 0.429. The molecule has 0 amide bonds. The smallest absolute Gasteiger partial charge is 0.184 e. The van der Waals surface area contributed by atoms with Crippen LogP contribution < -0.4 is 5.32 Å². The van der Waals surface area contributed by atoms with Crippen molar-refractivity contribution < 1.29 is 13.2 Å². The van der Waals surface area contributed by atoms with Gasteiger partial charge in [0.05, 0.1) is 11.7 Å². The molecule has 114 valence electrons. The zero-order chi connectivity index (χ0) is 15.6. The van der Waals surface area contributed by atoms with Gasteiger partial charge in [-0.2, -0.15) is 0 Å². The fourth-order valence-electron chi connectivity index (χ4n) is 2.34. The van der Waals surface area contributed by atoms with Crippen LogP contribution in [0.15, 0.2) is 12.1 Å². The predicted molar refractivity (Wildman–Crippen MR) is 72.7 cm³/mol. The third-order valence-electron chi connectivity index (χ3n) is 3.42. The van der Waals surface area contributed by atoms with Crippen LogP contribution in [0.1, 0.15) is 37.7 Å². The number of nitrogens with one attached hydrogen (secondary N) is 1. The average molecular weight is 298 g/mol. The second kappa shape index (κ2) is 6.26. The van der Waals surface area contributed by atoms with E-state index in [1.54, 1.807) is 7.05 Å². The van der Waals surface area contributed by atoms with Crippen molar-refractivity contribution in [2.24, 2.45) is 0 Å². The summed E-state index contributed by atoms with van der Waals surface area (Å²) in [4.78, 5) is 0. The molecule has 0 saturated carbocycles. The van der Waals surface area contributed by atoms with E-state index in [4.69, 9.17) is 0 Å². The molecule has 0 spiro atoms. The normalized spacial score (nSPS) is 12.7. The molecule has 0 aliphatic carbocycles. The minimum Gasteiger partial charge on any atom is -0.312 e. The zero-order valence-corrected chi connectivity index (χ0v) is 12.1. The Morgan fingerprint density at radius 3 is 2.52 bits per heavy atom. The molecular formula is C14H17F3N4. The molecule has 7 heteroatoms. The molecule has 0 radical (unpaired) electrons.